The third kappa shape index (κ3) is 3.93. The lowest BCUT2D eigenvalue weighted by atomic mass is 9.98. The standard InChI is InChI=1S/C18H27N3O/c1-13-8-10-21(11-9-13)17-6-2-14(12-16(17)19)3-7-18(22)20-15-4-5-15/h2,6,12-13,15H,3-5,7-11,19H2,1H3,(H,20,22). The summed E-state index contributed by atoms with van der Waals surface area (Å²) in [5, 5.41) is 3.03. The number of nitrogen functional groups attached to an aromatic ring is 1. The van der Waals surface area contributed by atoms with Crippen molar-refractivity contribution in [3.05, 3.63) is 23.8 Å². The van der Waals surface area contributed by atoms with Gasteiger partial charge in [-0.1, -0.05) is 13.0 Å². The van der Waals surface area contributed by atoms with Crippen molar-refractivity contribution >= 4 is 17.3 Å². The summed E-state index contributed by atoms with van der Waals surface area (Å²) in [6.45, 7) is 4.50. The Morgan fingerprint density at radius 3 is 2.64 bits per heavy atom. The van der Waals surface area contributed by atoms with Crippen LogP contribution >= 0.6 is 0 Å². The normalized spacial score (nSPS) is 19.2. The first-order valence-electron chi connectivity index (χ1n) is 8.54. The second-order valence-electron chi connectivity index (χ2n) is 6.90. The number of amides is 1. The maximum Gasteiger partial charge on any atom is 0.220 e. The van der Waals surface area contributed by atoms with Crippen LogP contribution in [-0.2, 0) is 11.2 Å². The number of hydrogen-bond donors (Lipinski definition) is 2. The summed E-state index contributed by atoms with van der Waals surface area (Å²) in [5.41, 5.74) is 9.39. The molecule has 3 rings (SSSR count). The predicted molar refractivity (Wildman–Crippen MR) is 91.0 cm³/mol. The Hall–Kier alpha value is -1.71. The second kappa shape index (κ2) is 6.59. The number of aryl methyl sites for hydroxylation is 1. The van der Waals surface area contributed by atoms with Crippen molar-refractivity contribution < 1.29 is 4.79 Å². The minimum Gasteiger partial charge on any atom is -0.397 e. The summed E-state index contributed by atoms with van der Waals surface area (Å²) in [7, 11) is 0. The minimum atomic E-state index is 0.162. The molecular weight excluding hydrogens is 274 g/mol. The Kier molecular flexibility index (Phi) is 4.55. The zero-order chi connectivity index (χ0) is 15.5. The van der Waals surface area contributed by atoms with Gasteiger partial charge in [-0.15, -0.1) is 0 Å². The Bertz CT molecular complexity index is 531. The first-order valence-corrected chi connectivity index (χ1v) is 8.54. The number of carbonyl (C=O) groups excluding carboxylic acids is 1. The van der Waals surface area contributed by atoms with Gasteiger partial charge in [-0.25, -0.2) is 0 Å². The van der Waals surface area contributed by atoms with Gasteiger partial charge < -0.3 is 16.0 Å². The van der Waals surface area contributed by atoms with Gasteiger partial charge in [0.15, 0.2) is 0 Å². The lowest BCUT2D eigenvalue weighted by Crippen LogP contribution is -2.33. The van der Waals surface area contributed by atoms with E-state index in [1.165, 1.54) is 12.8 Å². The molecule has 2 fully saturated rings. The van der Waals surface area contributed by atoms with E-state index in [9.17, 15) is 4.79 Å². The molecular formula is C18H27N3O. The van der Waals surface area contributed by atoms with E-state index in [2.05, 4.69) is 29.3 Å². The first kappa shape index (κ1) is 15.2. The fourth-order valence-electron chi connectivity index (χ4n) is 3.08. The van der Waals surface area contributed by atoms with Crippen molar-refractivity contribution in [3.8, 4) is 0 Å². The number of nitrogens with zero attached hydrogens (tertiary/aromatic N) is 1. The summed E-state index contributed by atoms with van der Waals surface area (Å²) < 4.78 is 0. The molecule has 0 spiro atoms. The fraction of sp³-hybridized carbons (Fsp3) is 0.611. The summed E-state index contributed by atoms with van der Waals surface area (Å²) in [4.78, 5) is 14.1. The molecule has 1 saturated heterocycles. The van der Waals surface area contributed by atoms with E-state index in [1.807, 2.05) is 6.07 Å². The third-order valence-electron chi connectivity index (χ3n) is 4.80. The topological polar surface area (TPSA) is 58.4 Å². The van der Waals surface area contributed by atoms with Gasteiger partial charge in [0.05, 0.1) is 11.4 Å². The largest absolute Gasteiger partial charge is 0.397 e. The van der Waals surface area contributed by atoms with Crippen molar-refractivity contribution in [1.29, 1.82) is 0 Å². The Morgan fingerprint density at radius 1 is 1.27 bits per heavy atom. The van der Waals surface area contributed by atoms with Crippen molar-refractivity contribution in [2.24, 2.45) is 5.92 Å². The van der Waals surface area contributed by atoms with Crippen LogP contribution in [0.1, 0.15) is 44.6 Å². The maximum absolute atomic E-state index is 11.7. The van der Waals surface area contributed by atoms with Gasteiger partial charge >= 0.3 is 0 Å². The van der Waals surface area contributed by atoms with Gasteiger partial charge in [0.2, 0.25) is 5.91 Å². The van der Waals surface area contributed by atoms with Crippen LogP contribution in [-0.4, -0.2) is 25.0 Å². The van der Waals surface area contributed by atoms with Crippen LogP contribution in [0.4, 0.5) is 11.4 Å². The zero-order valence-corrected chi connectivity index (χ0v) is 13.5. The van der Waals surface area contributed by atoms with Crippen LogP contribution in [0, 0.1) is 5.92 Å². The van der Waals surface area contributed by atoms with Gasteiger partial charge in [-0.3, -0.25) is 4.79 Å². The number of nitrogens with one attached hydrogen (secondary N) is 1. The number of anilines is 2. The molecule has 2 aliphatic rings. The fourth-order valence-corrected chi connectivity index (χ4v) is 3.08. The highest BCUT2D eigenvalue weighted by atomic mass is 16.1. The molecule has 22 heavy (non-hydrogen) atoms. The van der Waals surface area contributed by atoms with Crippen LogP contribution in [0.25, 0.3) is 0 Å². The molecule has 120 valence electrons. The zero-order valence-electron chi connectivity index (χ0n) is 13.5. The van der Waals surface area contributed by atoms with E-state index in [0.717, 1.165) is 55.2 Å². The Balaban J connectivity index is 1.55. The predicted octanol–water partition coefficient (Wildman–Crippen LogP) is 2.72. The number of piperidine rings is 1. The molecule has 3 N–H and O–H groups in total. The van der Waals surface area contributed by atoms with E-state index >= 15 is 0 Å². The molecule has 1 aromatic carbocycles. The lowest BCUT2D eigenvalue weighted by molar-refractivity contribution is -0.121. The van der Waals surface area contributed by atoms with E-state index < -0.39 is 0 Å². The second-order valence-corrected chi connectivity index (χ2v) is 6.90. The van der Waals surface area contributed by atoms with Crippen LogP contribution in [0.2, 0.25) is 0 Å². The molecule has 0 unspecified atom stereocenters. The smallest absolute Gasteiger partial charge is 0.220 e. The molecule has 0 bridgehead atoms. The Morgan fingerprint density at radius 2 is 2.00 bits per heavy atom. The van der Waals surface area contributed by atoms with Crippen LogP contribution in [0.5, 0.6) is 0 Å². The van der Waals surface area contributed by atoms with E-state index in [4.69, 9.17) is 5.73 Å². The van der Waals surface area contributed by atoms with Gasteiger partial charge in [0.25, 0.3) is 0 Å². The Labute approximate surface area is 133 Å². The van der Waals surface area contributed by atoms with Crippen LogP contribution < -0.4 is 16.0 Å². The molecule has 1 amide bonds. The van der Waals surface area contributed by atoms with E-state index in [0.29, 0.717) is 12.5 Å². The highest BCUT2D eigenvalue weighted by Gasteiger charge is 2.23. The van der Waals surface area contributed by atoms with Crippen molar-refractivity contribution in [3.63, 3.8) is 0 Å². The van der Waals surface area contributed by atoms with Gasteiger partial charge in [0, 0.05) is 25.6 Å². The van der Waals surface area contributed by atoms with Crippen LogP contribution in [0.3, 0.4) is 0 Å². The van der Waals surface area contributed by atoms with Gasteiger partial charge in [-0.05, 0) is 55.7 Å². The average Bonchev–Trinajstić information content (AvgIpc) is 3.30. The first-order chi connectivity index (χ1) is 10.6. The summed E-state index contributed by atoms with van der Waals surface area (Å²) in [6, 6.07) is 6.73. The molecule has 1 aromatic rings. The summed E-state index contributed by atoms with van der Waals surface area (Å²) in [6.07, 6.45) is 6.07. The maximum atomic E-state index is 11.7. The number of hydrogen-bond acceptors (Lipinski definition) is 3. The molecule has 1 aliphatic heterocycles. The van der Waals surface area contributed by atoms with E-state index in [1.54, 1.807) is 0 Å². The quantitative estimate of drug-likeness (QED) is 0.822. The molecule has 4 nitrogen and oxygen atoms in total. The number of benzene rings is 1. The lowest BCUT2D eigenvalue weighted by Gasteiger charge is -2.33. The van der Waals surface area contributed by atoms with Crippen molar-refractivity contribution in [1.82, 2.24) is 5.32 Å². The van der Waals surface area contributed by atoms with Crippen molar-refractivity contribution in [2.45, 2.75) is 51.5 Å². The molecule has 1 heterocycles. The summed E-state index contributed by atoms with van der Waals surface area (Å²) in [5.74, 6) is 0.983. The number of rotatable bonds is 5. The highest BCUT2D eigenvalue weighted by molar-refractivity contribution is 5.77. The molecule has 1 saturated carbocycles. The molecule has 0 aromatic heterocycles. The molecule has 4 heteroatoms. The van der Waals surface area contributed by atoms with Crippen LogP contribution in [0.15, 0.2) is 18.2 Å². The van der Waals surface area contributed by atoms with Gasteiger partial charge in [-0.2, -0.15) is 0 Å². The SMILES string of the molecule is CC1CCN(c2ccc(CCC(=O)NC3CC3)cc2N)CC1. The number of nitrogens with two attached hydrogens (primary N) is 1. The third-order valence-corrected chi connectivity index (χ3v) is 4.80. The van der Waals surface area contributed by atoms with Crippen molar-refractivity contribution in [2.75, 3.05) is 23.7 Å². The summed E-state index contributed by atoms with van der Waals surface area (Å²) >= 11 is 0. The monoisotopic (exact) mass is 301 g/mol. The molecule has 0 atom stereocenters. The molecule has 1 aliphatic carbocycles. The highest BCUT2D eigenvalue weighted by Crippen LogP contribution is 2.29. The minimum absolute atomic E-state index is 0.162. The van der Waals surface area contributed by atoms with Gasteiger partial charge in [0.1, 0.15) is 0 Å². The average molecular weight is 301 g/mol. The number of carbonyl (C=O) groups is 1. The van der Waals surface area contributed by atoms with E-state index in [-0.39, 0.29) is 5.91 Å². The molecule has 0 radical (unpaired) electrons.